The van der Waals surface area contributed by atoms with Gasteiger partial charge in [0.1, 0.15) is 0 Å². The van der Waals surface area contributed by atoms with Gasteiger partial charge in [0, 0.05) is 32.0 Å². The number of nitrogens with one attached hydrogen (secondary N) is 1. The molecule has 0 unspecified atom stereocenters. The van der Waals surface area contributed by atoms with Gasteiger partial charge in [0.05, 0.1) is 21.8 Å². The molecular formula is C27H33F3N4O6S. The van der Waals surface area contributed by atoms with Gasteiger partial charge in [-0.3, -0.25) is 9.40 Å². The summed E-state index contributed by atoms with van der Waals surface area (Å²) in [5.74, 6) is -3.87. The van der Waals surface area contributed by atoms with Crippen molar-refractivity contribution < 1.29 is 41.4 Å². The number of nitrogens with zero attached hydrogens (tertiary/aromatic N) is 3. The highest BCUT2D eigenvalue weighted by Gasteiger charge is 2.38. The second kappa shape index (κ2) is 13.1. The molecule has 0 aliphatic rings. The van der Waals surface area contributed by atoms with Crippen LogP contribution in [-0.2, 0) is 28.3 Å². The van der Waals surface area contributed by atoms with Gasteiger partial charge in [-0.25, -0.2) is 18.0 Å². The minimum atomic E-state index is -5.08. The first kappa shape index (κ1) is 33.1. The number of benzene rings is 2. The normalized spacial score (nSPS) is 11.4. The van der Waals surface area contributed by atoms with Crippen molar-refractivity contribution in [3.05, 3.63) is 70.0 Å². The fourth-order valence-electron chi connectivity index (χ4n) is 4.10. The fourth-order valence-corrected chi connectivity index (χ4v) is 5.48. The van der Waals surface area contributed by atoms with Gasteiger partial charge < -0.3 is 15.1 Å². The lowest BCUT2D eigenvalue weighted by molar-refractivity contribution is -0.192. The summed E-state index contributed by atoms with van der Waals surface area (Å²) in [6.07, 6.45) is -3.42. The van der Waals surface area contributed by atoms with Crippen LogP contribution in [0.15, 0.2) is 41.3 Å². The molecule has 14 heteroatoms. The molecule has 0 saturated heterocycles. The number of halogens is 3. The smallest absolute Gasteiger partial charge is 0.478 e. The first-order valence-corrected chi connectivity index (χ1v) is 13.8. The van der Waals surface area contributed by atoms with E-state index >= 15 is 0 Å². The second-order valence-corrected chi connectivity index (χ2v) is 11.2. The van der Waals surface area contributed by atoms with Crippen molar-refractivity contribution in [2.24, 2.45) is 7.05 Å². The van der Waals surface area contributed by atoms with E-state index in [0.29, 0.717) is 17.8 Å². The molecule has 3 rings (SSSR count). The quantitative estimate of drug-likeness (QED) is 0.317. The van der Waals surface area contributed by atoms with E-state index in [4.69, 9.17) is 9.90 Å². The third kappa shape index (κ3) is 8.71. The van der Waals surface area contributed by atoms with E-state index in [2.05, 4.69) is 9.82 Å². The largest absolute Gasteiger partial charge is 0.490 e. The zero-order chi connectivity index (χ0) is 31.3. The van der Waals surface area contributed by atoms with Gasteiger partial charge in [-0.15, -0.1) is 0 Å². The molecule has 0 spiro atoms. The van der Waals surface area contributed by atoms with E-state index in [1.165, 1.54) is 11.6 Å². The van der Waals surface area contributed by atoms with Crippen LogP contribution in [0.5, 0.6) is 0 Å². The number of carboxylic acid groups (broad SMARTS) is 2. The average molecular weight is 599 g/mol. The zero-order valence-electron chi connectivity index (χ0n) is 23.5. The summed E-state index contributed by atoms with van der Waals surface area (Å²) in [5.41, 5.74) is 5.57. The van der Waals surface area contributed by atoms with E-state index in [0.717, 1.165) is 29.8 Å². The molecule has 2 aromatic carbocycles. The number of aryl methyl sites for hydroxylation is 4. The molecule has 0 amide bonds. The Labute approximate surface area is 236 Å². The zero-order valence-corrected chi connectivity index (χ0v) is 24.3. The molecule has 0 saturated carbocycles. The molecule has 10 nitrogen and oxygen atoms in total. The van der Waals surface area contributed by atoms with Crippen molar-refractivity contribution in [3.8, 4) is 0 Å². The molecule has 224 valence electrons. The minimum absolute atomic E-state index is 0.0393. The minimum Gasteiger partial charge on any atom is -0.478 e. The molecule has 41 heavy (non-hydrogen) atoms. The van der Waals surface area contributed by atoms with Crippen molar-refractivity contribution >= 4 is 33.3 Å². The molecule has 0 radical (unpaired) electrons. The van der Waals surface area contributed by atoms with Crippen LogP contribution in [0, 0.1) is 27.7 Å². The van der Waals surface area contributed by atoms with Crippen molar-refractivity contribution in [1.82, 2.24) is 9.78 Å². The lowest BCUT2D eigenvalue weighted by Crippen LogP contribution is -2.22. The number of carbonyl (C=O) groups is 2. The first-order chi connectivity index (χ1) is 18.8. The summed E-state index contributed by atoms with van der Waals surface area (Å²) in [5, 5.41) is 21.4. The van der Waals surface area contributed by atoms with Gasteiger partial charge in [-0.2, -0.15) is 18.3 Å². The molecule has 0 aliphatic carbocycles. The highest BCUT2D eigenvalue weighted by Crippen LogP contribution is 2.27. The molecule has 0 fully saturated rings. The summed E-state index contributed by atoms with van der Waals surface area (Å²) >= 11 is 0. The number of sulfonamides is 1. The second-order valence-electron chi connectivity index (χ2n) is 9.51. The molecule has 3 N–H and O–H groups in total. The van der Waals surface area contributed by atoms with Gasteiger partial charge in [0.15, 0.2) is 0 Å². The Bertz CT molecular complexity index is 1530. The third-order valence-corrected chi connectivity index (χ3v) is 7.87. The maximum Gasteiger partial charge on any atom is 0.490 e. The highest BCUT2D eigenvalue weighted by atomic mass is 32.2. The summed E-state index contributed by atoms with van der Waals surface area (Å²) < 4.78 is 62.0. The Balaban J connectivity index is 0.000000745. The van der Waals surface area contributed by atoms with E-state index in [9.17, 15) is 31.5 Å². The fraction of sp³-hybridized carbons (Fsp3) is 0.370. The Morgan fingerprint density at radius 1 is 1.05 bits per heavy atom. The standard InChI is InChI=1S/C25H32N4O4S.C2HF3O2/c1-16-9-10-17(2)24(14-16)34(32,33)27-20-11-12-23(22(15-20)25(30)31)28(5)13-7-8-21-18(3)26-29(6)19(21)4;3-2(4,5)1(6)7/h9-12,14-15,27H,7-8,13H2,1-6H3,(H,30,31);(H,6,7). The number of aromatic carboxylic acids is 1. The van der Waals surface area contributed by atoms with Crippen LogP contribution in [0.1, 0.15) is 44.9 Å². The molecule has 0 bridgehead atoms. The lowest BCUT2D eigenvalue weighted by atomic mass is 10.1. The number of hydrogen-bond donors (Lipinski definition) is 3. The van der Waals surface area contributed by atoms with Crippen LogP contribution in [0.25, 0.3) is 0 Å². The Morgan fingerprint density at radius 2 is 1.66 bits per heavy atom. The number of alkyl halides is 3. The van der Waals surface area contributed by atoms with Gasteiger partial charge in [-0.05, 0) is 81.5 Å². The molecule has 0 aliphatic heterocycles. The molecule has 0 atom stereocenters. The van der Waals surface area contributed by atoms with Crippen molar-refractivity contribution in [2.75, 3.05) is 23.2 Å². The maximum absolute atomic E-state index is 12.9. The summed E-state index contributed by atoms with van der Waals surface area (Å²) in [4.78, 5) is 22.9. The third-order valence-electron chi connectivity index (χ3n) is 6.35. The molecule has 3 aromatic rings. The van der Waals surface area contributed by atoms with Crippen molar-refractivity contribution in [3.63, 3.8) is 0 Å². The van der Waals surface area contributed by atoms with Crippen LogP contribution in [0.2, 0.25) is 0 Å². The Kier molecular flexibility index (Phi) is 10.6. The number of rotatable bonds is 9. The molecule has 1 heterocycles. The van der Waals surface area contributed by atoms with Gasteiger partial charge in [0.2, 0.25) is 0 Å². The summed E-state index contributed by atoms with van der Waals surface area (Å²) in [6, 6.07) is 9.80. The number of carboxylic acids is 2. The van der Waals surface area contributed by atoms with Crippen molar-refractivity contribution in [1.29, 1.82) is 0 Å². The van der Waals surface area contributed by atoms with Gasteiger partial charge >= 0.3 is 18.1 Å². The highest BCUT2D eigenvalue weighted by molar-refractivity contribution is 7.92. The predicted octanol–water partition coefficient (Wildman–Crippen LogP) is 4.86. The molecule has 1 aromatic heterocycles. The number of hydrogen-bond acceptors (Lipinski definition) is 6. The van der Waals surface area contributed by atoms with Crippen LogP contribution in [0.4, 0.5) is 24.5 Å². The van der Waals surface area contributed by atoms with Gasteiger partial charge in [0.25, 0.3) is 10.0 Å². The average Bonchev–Trinajstić information content (AvgIpc) is 3.10. The van der Waals surface area contributed by atoms with Gasteiger partial charge in [-0.1, -0.05) is 12.1 Å². The number of aromatic nitrogens is 2. The van der Waals surface area contributed by atoms with E-state index < -0.39 is 28.1 Å². The van der Waals surface area contributed by atoms with E-state index in [1.807, 2.05) is 50.5 Å². The Hall–Kier alpha value is -4.07. The van der Waals surface area contributed by atoms with E-state index in [-0.39, 0.29) is 16.1 Å². The molecular weight excluding hydrogens is 565 g/mol. The van der Waals surface area contributed by atoms with Crippen LogP contribution in [0.3, 0.4) is 0 Å². The lowest BCUT2D eigenvalue weighted by Gasteiger charge is -2.22. The van der Waals surface area contributed by atoms with Crippen LogP contribution >= 0.6 is 0 Å². The summed E-state index contributed by atoms with van der Waals surface area (Å²) in [6.45, 7) is 8.22. The van der Waals surface area contributed by atoms with Crippen LogP contribution in [-0.4, -0.2) is 60.1 Å². The van der Waals surface area contributed by atoms with Crippen molar-refractivity contribution in [2.45, 2.75) is 51.6 Å². The van der Waals surface area contributed by atoms with E-state index in [1.54, 1.807) is 31.2 Å². The maximum atomic E-state index is 12.9. The predicted molar refractivity (Wildman–Crippen MR) is 148 cm³/mol. The first-order valence-electron chi connectivity index (χ1n) is 12.3. The number of aliphatic carboxylic acids is 1. The summed E-state index contributed by atoms with van der Waals surface area (Å²) in [7, 11) is -0.0958. The Morgan fingerprint density at radius 3 is 2.17 bits per heavy atom. The van der Waals surface area contributed by atoms with Crippen LogP contribution < -0.4 is 9.62 Å². The number of anilines is 2. The monoisotopic (exact) mass is 598 g/mol. The SMILES string of the molecule is Cc1ccc(C)c(S(=O)(=O)Nc2ccc(N(C)CCCc3c(C)nn(C)c3C)c(C(=O)O)c2)c1.O=C(O)C(F)(F)F. The topological polar surface area (TPSA) is 142 Å².